The van der Waals surface area contributed by atoms with Crippen molar-refractivity contribution < 1.29 is 0 Å². The van der Waals surface area contributed by atoms with Gasteiger partial charge in [-0.2, -0.15) is 0 Å². The van der Waals surface area contributed by atoms with Crippen LogP contribution in [0.15, 0.2) is 249 Å². The van der Waals surface area contributed by atoms with E-state index >= 15 is 0 Å². The SMILES string of the molecule is c1ccc(-c2cc(-c3ccccc3)nc(-c3cc(-n4c5ccccc5c5ccccc54)cc(-n4c5ccccc5c5cc(-c6ccc7c(c6)c6ccccc6n7-c6ccccc6)ccc54)c3)n2)cc1. The summed E-state index contributed by atoms with van der Waals surface area (Å²) in [6, 6.07) is 89.3. The summed E-state index contributed by atoms with van der Waals surface area (Å²) >= 11 is 0. The predicted molar refractivity (Wildman–Crippen MR) is 287 cm³/mol. The second-order valence-corrected chi connectivity index (χ2v) is 17.8. The molecule has 14 aromatic rings. The smallest absolute Gasteiger partial charge is 0.160 e. The van der Waals surface area contributed by atoms with E-state index in [1.165, 1.54) is 54.5 Å². The van der Waals surface area contributed by atoms with Gasteiger partial charge in [0.25, 0.3) is 0 Å². The molecule has 0 aliphatic rings. The first-order valence-corrected chi connectivity index (χ1v) is 23.5. The van der Waals surface area contributed by atoms with Crippen LogP contribution in [0, 0.1) is 0 Å². The Hall–Kier alpha value is -9.32. The summed E-state index contributed by atoms with van der Waals surface area (Å²) in [4.78, 5) is 10.7. The molecule has 0 bridgehead atoms. The lowest BCUT2D eigenvalue weighted by Crippen LogP contribution is -2.02. The summed E-state index contributed by atoms with van der Waals surface area (Å²) in [6.07, 6.45) is 0. The predicted octanol–water partition coefficient (Wildman–Crippen LogP) is 16.4. The van der Waals surface area contributed by atoms with Gasteiger partial charge in [-0.25, -0.2) is 9.97 Å². The molecule has 0 radical (unpaired) electrons. The van der Waals surface area contributed by atoms with E-state index in [9.17, 15) is 0 Å². The molecule has 4 heterocycles. The van der Waals surface area contributed by atoms with Gasteiger partial charge in [0.05, 0.1) is 44.5 Å². The molecule has 0 atom stereocenters. The highest BCUT2D eigenvalue weighted by molar-refractivity contribution is 6.13. The molecule has 5 nitrogen and oxygen atoms in total. The molecule has 10 aromatic carbocycles. The largest absolute Gasteiger partial charge is 0.309 e. The molecule has 0 spiro atoms. The van der Waals surface area contributed by atoms with Crippen LogP contribution in [-0.2, 0) is 0 Å². The average molecular weight is 880 g/mol. The highest BCUT2D eigenvalue weighted by atomic mass is 15.0. The van der Waals surface area contributed by atoms with Gasteiger partial charge in [-0.05, 0) is 96.1 Å². The Balaban J connectivity index is 1.00. The van der Waals surface area contributed by atoms with E-state index < -0.39 is 0 Å². The van der Waals surface area contributed by atoms with E-state index in [1.54, 1.807) is 0 Å². The molecule has 0 aliphatic heterocycles. The van der Waals surface area contributed by atoms with Gasteiger partial charge in [0.15, 0.2) is 5.82 Å². The fraction of sp³-hybridized carbons (Fsp3) is 0. The van der Waals surface area contributed by atoms with Crippen LogP contribution in [0.4, 0.5) is 0 Å². The van der Waals surface area contributed by atoms with Gasteiger partial charge in [0.2, 0.25) is 0 Å². The van der Waals surface area contributed by atoms with E-state index in [0.717, 1.165) is 67.2 Å². The number of hydrogen-bond acceptors (Lipinski definition) is 2. The fourth-order valence-corrected chi connectivity index (χ4v) is 10.7. The van der Waals surface area contributed by atoms with E-state index in [2.05, 4.69) is 250 Å². The standard InChI is InChI=1S/C64H41N5/c1-4-18-42(19-5-1)56-41-57(43-20-6-2-7-21-43)66-64(65-56)46-36-48(68-58-28-14-10-24-50(58)51-25-11-15-29-59(51)68)40-49(37-46)69-61-31-17-13-27-53(61)55-39-45(33-35-63(55)69)44-32-34-62-54(38-44)52-26-12-16-30-60(52)67(62)47-22-8-3-9-23-47/h1-41H. The molecule has 0 unspecified atom stereocenters. The summed E-state index contributed by atoms with van der Waals surface area (Å²) in [5.41, 5.74) is 17.2. The third kappa shape index (κ3) is 6.32. The maximum atomic E-state index is 5.37. The molecule has 14 rings (SSSR count). The van der Waals surface area contributed by atoms with Gasteiger partial charge in [-0.1, -0.05) is 164 Å². The lowest BCUT2D eigenvalue weighted by molar-refractivity contribution is 1.12. The third-order valence-electron chi connectivity index (χ3n) is 13.8. The first-order valence-electron chi connectivity index (χ1n) is 23.5. The van der Waals surface area contributed by atoms with Crippen LogP contribution in [0.1, 0.15) is 0 Å². The number of benzene rings is 10. The minimum absolute atomic E-state index is 0.658. The molecule has 0 aliphatic carbocycles. The third-order valence-corrected chi connectivity index (χ3v) is 13.8. The van der Waals surface area contributed by atoms with Crippen molar-refractivity contribution in [3.63, 3.8) is 0 Å². The molecule has 4 aromatic heterocycles. The highest BCUT2D eigenvalue weighted by Crippen LogP contribution is 2.41. The van der Waals surface area contributed by atoms with Crippen molar-refractivity contribution in [2.75, 3.05) is 0 Å². The monoisotopic (exact) mass is 879 g/mol. The second kappa shape index (κ2) is 15.7. The molecule has 0 N–H and O–H groups in total. The van der Waals surface area contributed by atoms with Crippen LogP contribution in [0.3, 0.4) is 0 Å². The Labute approximate surface area is 398 Å². The average Bonchev–Trinajstić information content (AvgIpc) is 4.07. The molecule has 69 heavy (non-hydrogen) atoms. The molecule has 322 valence electrons. The fourth-order valence-electron chi connectivity index (χ4n) is 10.7. The number of para-hydroxylation sites is 5. The van der Waals surface area contributed by atoms with Gasteiger partial charge >= 0.3 is 0 Å². The summed E-state index contributed by atoms with van der Waals surface area (Å²) in [7, 11) is 0. The molecule has 0 amide bonds. The van der Waals surface area contributed by atoms with Crippen LogP contribution in [-0.4, -0.2) is 23.7 Å². The maximum absolute atomic E-state index is 5.37. The Bertz CT molecular complexity index is 4180. The first-order chi connectivity index (χ1) is 34.2. The van der Waals surface area contributed by atoms with Gasteiger partial charge in [-0.15, -0.1) is 0 Å². The minimum atomic E-state index is 0.658. The van der Waals surface area contributed by atoms with Gasteiger partial charge < -0.3 is 13.7 Å². The van der Waals surface area contributed by atoms with Crippen molar-refractivity contribution in [3.05, 3.63) is 249 Å². The summed E-state index contributed by atoms with van der Waals surface area (Å²) in [5.74, 6) is 0.658. The van der Waals surface area contributed by atoms with Crippen LogP contribution in [0.5, 0.6) is 0 Å². The van der Waals surface area contributed by atoms with Crippen LogP contribution >= 0.6 is 0 Å². The quantitative estimate of drug-likeness (QED) is 0.160. The molecule has 0 fully saturated rings. The second-order valence-electron chi connectivity index (χ2n) is 17.8. The van der Waals surface area contributed by atoms with Crippen molar-refractivity contribution in [3.8, 4) is 62.1 Å². The van der Waals surface area contributed by atoms with Gasteiger partial charge in [0.1, 0.15) is 0 Å². The van der Waals surface area contributed by atoms with Crippen molar-refractivity contribution in [2.24, 2.45) is 0 Å². The number of aromatic nitrogens is 5. The van der Waals surface area contributed by atoms with Crippen molar-refractivity contribution in [1.29, 1.82) is 0 Å². The van der Waals surface area contributed by atoms with Crippen molar-refractivity contribution >= 4 is 65.4 Å². The highest BCUT2D eigenvalue weighted by Gasteiger charge is 2.20. The van der Waals surface area contributed by atoms with Crippen LogP contribution < -0.4 is 0 Å². The minimum Gasteiger partial charge on any atom is -0.309 e. The van der Waals surface area contributed by atoms with Crippen LogP contribution in [0.2, 0.25) is 0 Å². The zero-order chi connectivity index (χ0) is 45.4. The van der Waals surface area contributed by atoms with Crippen LogP contribution in [0.25, 0.3) is 128 Å². The summed E-state index contributed by atoms with van der Waals surface area (Å²) in [6.45, 7) is 0. The van der Waals surface area contributed by atoms with E-state index in [4.69, 9.17) is 9.97 Å². The topological polar surface area (TPSA) is 40.6 Å². The van der Waals surface area contributed by atoms with E-state index in [-0.39, 0.29) is 0 Å². The Morgan fingerprint density at radius 2 is 0.565 bits per heavy atom. The van der Waals surface area contributed by atoms with E-state index in [0.29, 0.717) is 5.82 Å². The number of hydrogen-bond donors (Lipinski definition) is 0. The number of nitrogens with zero attached hydrogens (tertiary/aromatic N) is 5. The van der Waals surface area contributed by atoms with Gasteiger partial charge in [0, 0.05) is 66.1 Å². The Kier molecular flexibility index (Phi) is 8.83. The summed E-state index contributed by atoms with van der Waals surface area (Å²) < 4.78 is 7.19. The first kappa shape index (κ1) is 38.9. The molecule has 5 heteroatoms. The number of rotatable bonds is 7. The zero-order valence-corrected chi connectivity index (χ0v) is 37.4. The molecular formula is C64H41N5. The molecule has 0 saturated heterocycles. The number of fused-ring (bicyclic) bond motifs is 9. The van der Waals surface area contributed by atoms with Gasteiger partial charge in [-0.3, -0.25) is 0 Å². The van der Waals surface area contributed by atoms with Crippen molar-refractivity contribution in [2.45, 2.75) is 0 Å². The molecule has 0 saturated carbocycles. The lowest BCUT2D eigenvalue weighted by Gasteiger charge is -2.16. The normalized spacial score (nSPS) is 11.8. The van der Waals surface area contributed by atoms with E-state index in [1.807, 2.05) is 12.1 Å². The maximum Gasteiger partial charge on any atom is 0.160 e. The molecular weight excluding hydrogens is 839 g/mol. The Morgan fingerprint density at radius 3 is 1.00 bits per heavy atom. The van der Waals surface area contributed by atoms with Crippen molar-refractivity contribution in [1.82, 2.24) is 23.7 Å². The Morgan fingerprint density at radius 1 is 0.217 bits per heavy atom. The summed E-state index contributed by atoms with van der Waals surface area (Å²) in [5, 5.41) is 7.27. The lowest BCUT2D eigenvalue weighted by atomic mass is 10.0. The zero-order valence-electron chi connectivity index (χ0n) is 37.4.